The zero-order valence-corrected chi connectivity index (χ0v) is 19.9. The smallest absolute Gasteiger partial charge is 0.181 e. The van der Waals surface area contributed by atoms with Gasteiger partial charge in [-0.15, -0.1) is 5.11 Å². The summed E-state index contributed by atoms with van der Waals surface area (Å²) in [6.07, 6.45) is 3.34. The summed E-state index contributed by atoms with van der Waals surface area (Å²) < 4.78 is 10.7. The minimum atomic E-state index is 0.491. The molecule has 0 bridgehead atoms. The van der Waals surface area contributed by atoms with Crippen molar-refractivity contribution in [1.29, 1.82) is 0 Å². The lowest BCUT2D eigenvalue weighted by Gasteiger charge is -2.10. The highest BCUT2D eigenvalue weighted by molar-refractivity contribution is 5.78. The highest BCUT2D eigenvalue weighted by Crippen LogP contribution is 2.30. The van der Waals surface area contributed by atoms with Crippen LogP contribution in [0.15, 0.2) is 52.7 Å². The summed E-state index contributed by atoms with van der Waals surface area (Å²) >= 11 is 0. The molecule has 2 N–H and O–H groups in total. The first-order chi connectivity index (χ1) is 16.0. The van der Waals surface area contributed by atoms with E-state index in [1.54, 1.807) is 20.3 Å². The van der Waals surface area contributed by atoms with E-state index in [9.17, 15) is 0 Å². The highest BCUT2D eigenvalue weighted by Gasteiger charge is 2.11. The fourth-order valence-electron chi connectivity index (χ4n) is 3.58. The third-order valence-corrected chi connectivity index (χ3v) is 5.47. The number of methoxy groups -OCH3 is 2. The summed E-state index contributed by atoms with van der Waals surface area (Å²) in [7, 11) is 3.19. The number of azo groups is 1. The van der Waals surface area contributed by atoms with Crippen LogP contribution in [0.5, 0.6) is 11.5 Å². The SMILES string of the molecule is CCc1c(C)nc(C=C(N)c2ccc(OC)c(OC)c2)nc1N=NCCc1ccccc1C. The van der Waals surface area contributed by atoms with E-state index in [0.717, 1.165) is 29.7 Å². The monoisotopic (exact) mass is 445 g/mol. The first-order valence-corrected chi connectivity index (χ1v) is 11.0. The van der Waals surface area contributed by atoms with E-state index in [4.69, 9.17) is 15.2 Å². The Kier molecular flexibility index (Phi) is 8.13. The number of aryl methyl sites for hydroxylation is 2. The number of hydrogen-bond donors (Lipinski definition) is 1. The van der Waals surface area contributed by atoms with E-state index >= 15 is 0 Å². The van der Waals surface area contributed by atoms with E-state index in [1.165, 1.54) is 11.1 Å². The van der Waals surface area contributed by atoms with Gasteiger partial charge in [-0.1, -0.05) is 31.2 Å². The Morgan fingerprint density at radius 3 is 2.48 bits per heavy atom. The van der Waals surface area contributed by atoms with Crippen LogP contribution in [0.3, 0.4) is 0 Å². The van der Waals surface area contributed by atoms with Crippen LogP contribution in [-0.4, -0.2) is 30.7 Å². The van der Waals surface area contributed by atoms with Crippen LogP contribution in [0.1, 0.15) is 40.7 Å². The summed E-state index contributed by atoms with van der Waals surface area (Å²) in [6.45, 7) is 6.72. The Hall–Kier alpha value is -3.74. The molecule has 0 aliphatic heterocycles. The quantitative estimate of drug-likeness (QED) is 0.442. The first kappa shape index (κ1) is 23.9. The lowest BCUT2D eigenvalue weighted by molar-refractivity contribution is 0.355. The molecule has 0 atom stereocenters. The zero-order chi connectivity index (χ0) is 23.8. The van der Waals surface area contributed by atoms with Gasteiger partial charge < -0.3 is 15.2 Å². The van der Waals surface area contributed by atoms with Gasteiger partial charge in [0.05, 0.1) is 20.8 Å². The number of nitrogens with zero attached hydrogens (tertiary/aromatic N) is 4. The van der Waals surface area contributed by atoms with Gasteiger partial charge >= 0.3 is 0 Å². The standard InChI is InChI=1S/C26H31N5O2/c1-6-21-18(3)29-25(16-22(27)20-11-12-23(32-4)24(15-20)33-5)30-26(21)31-28-14-13-19-10-8-7-9-17(19)2/h7-12,15-16H,6,13-14,27H2,1-5H3. The van der Waals surface area contributed by atoms with Crippen LogP contribution in [-0.2, 0) is 12.8 Å². The molecule has 3 rings (SSSR count). The third-order valence-electron chi connectivity index (χ3n) is 5.47. The van der Waals surface area contributed by atoms with Crippen LogP contribution in [0.25, 0.3) is 11.8 Å². The normalized spacial score (nSPS) is 11.7. The molecule has 0 saturated heterocycles. The molecule has 3 aromatic rings. The molecule has 7 heteroatoms. The first-order valence-electron chi connectivity index (χ1n) is 11.0. The lowest BCUT2D eigenvalue weighted by Crippen LogP contribution is -2.02. The van der Waals surface area contributed by atoms with Crippen LogP contribution >= 0.6 is 0 Å². The predicted octanol–water partition coefficient (Wildman–Crippen LogP) is 5.46. The van der Waals surface area contributed by atoms with Crippen molar-refractivity contribution in [1.82, 2.24) is 9.97 Å². The zero-order valence-electron chi connectivity index (χ0n) is 19.9. The number of hydrogen-bond acceptors (Lipinski definition) is 7. The van der Waals surface area contributed by atoms with E-state index in [2.05, 4.69) is 46.2 Å². The summed E-state index contributed by atoms with van der Waals surface area (Å²) in [4.78, 5) is 9.23. The molecule has 1 aromatic heterocycles. The van der Waals surface area contributed by atoms with Crippen molar-refractivity contribution in [2.45, 2.75) is 33.6 Å². The number of rotatable bonds is 9. The molecule has 7 nitrogen and oxygen atoms in total. The van der Waals surface area contributed by atoms with Crippen LogP contribution in [0, 0.1) is 13.8 Å². The van der Waals surface area contributed by atoms with Crippen molar-refractivity contribution in [3.05, 3.63) is 76.2 Å². The second-order valence-electron chi connectivity index (χ2n) is 7.63. The molecule has 2 aromatic carbocycles. The van der Waals surface area contributed by atoms with Gasteiger partial charge in [-0.3, -0.25) is 0 Å². The molecular weight excluding hydrogens is 414 g/mol. The Morgan fingerprint density at radius 2 is 1.79 bits per heavy atom. The second-order valence-corrected chi connectivity index (χ2v) is 7.63. The number of ether oxygens (including phenoxy) is 2. The highest BCUT2D eigenvalue weighted by atomic mass is 16.5. The predicted molar refractivity (Wildman–Crippen MR) is 132 cm³/mol. The number of benzene rings is 2. The average Bonchev–Trinajstić information content (AvgIpc) is 2.82. The second kappa shape index (κ2) is 11.2. The minimum Gasteiger partial charge on any atom is -0.493 e. The maximum Gasteiger partial charge on any atom is 0.181 e. The average molecular weight is 446 g/mol. The van der Waals surface area contributed by atoms with Gasteiger partial charge in [0.1, 0.15) is 0 Å². The van der Waals surface area contributed by atoms with Crippen molar-refractivity contribution in [3.8, 4) is 11.5 Å². The molecule has 1 heterocycles. The van der Waals surface area contributed by atoms with Gasteiger partial charge in [-0.05, 0) is 56.0 Å². The number of nitrogens with two attached hydrogens (primary N) is 1. The molecule has 172 valence electrons. The summed E-state index contributed by atoms with van der Waals surface area (Å²) in [5, 5.41) is 8.84. The van der Waals surface area contributed by atoms with Crippen molar-refractivity contribution in [2.24, 2.45) is 16.0 Å². The van der Waals surface area contributed by atoms with E-state index in [0.29, 0.717) is 35.4 Å². The van der Waals surface area contributed by atoms with Gasteiger partial charge in [0.15, 0.2) is 23.1 Å². The van der Waals surface area contributed by atoms with Crippen LogP contribution in [0.2, 0.25) is 0 Å². The fraction of sp³-hybridized carbons (Fsp3) is 0.308. The Labute approximate surface area is 195 Å². The minimum absolute atomic E-state index is 0.491. The van der Waals surface area contributed by atoms with Gasteiger partial charge in [0, 0.05) is 28.6 Å². The molecule has 0 aliphatic rings. The Balaban J connectivity index is 1.84. The molecule has 0 radical (unpaired) electrons. The summed E-state index contributed by atoms with van der Waals surface area (Å²) in [5.41, 5.74) is 12.0. The topological polar surface area (TPSA) is 95.0 Å². The van der Waals surface area contributed by atoms with Crippen LogP contribution < -0.4 is 15.2 Å². The molecule has 0 amide bonds. The molecule has 0 unspecified atom stereocenters. The summed E-state index contributed by atoms with van der Waals surface area (Å²) in [5.74, 6) is 2.32. The van der Waals surface area contributed by atoms with Gasteiger partial charge in [-0.2, -0.15) is 5.11 Å². The lowest BCUT2D eigenvalue weighted by atomic mass is 10.1. The summed E-state index contributed by atoms with van der Waals surface area (Å²) in [6, 6.07) is 13.8. The fourth-order valence-corrected chi connectivity index (χ4v) is 3.58. The molecule has 0 aliphatic carbocycles. The van der Waals surface area contributed by atoms with Gasteiger partial charge in [-0.25, -0.2) is 9.97 Å². The van der Waals surface area contributed by atoms with Crippen LogP contribution in [0.4, 0.5) is 5.82 Å². The van der Waals surface area contributed by atoms with E-state index in [1.807, 2.05) is 37.3 Å². The Bertz CT molecular complexity index is 1170. The van der Waals surface area contributed by atoms with Gasteiger partial charge in [0.2, 0.25) is 0 Å². The molecular formula is C26H31N5O2. The van der Waals surface area contributed by atoms with Crippen molar-refractivity contribution >= 4 is 17.6 Å². The van der Waals surface area contributed by atoms with Crippen molar-refractivity contribution < 1.29 is 9.47 Å². The largest absolute Gasteiger partial charge is 0.493 e. The maximum absolute atomic E-state index is 6.34. The maximum atomic E-state index is 6.34. The molecule has 0 spiro atoms. The van der Waals surface area contributed by atoms with E-state index in [-0.39, 0.29) is 0 Å². The Morgan fingerprint density at radius 1 is 1.03 bits per heavy atom. The van der Waals surface area contributed by atoms with Crippen molar-refractivity contribution in [2.75, 3.05) is 20.8 Å². The molecule has 33 heavy (non-hydrogen) atoms. The molecule has 0 fully saturated rings. The molecule has 0 saturated carbocycles. The van der Waals surface area contributed by atoms with E-state index < -0.39 is 0 Å². The number of aromatic nitrogens is 2. The third kappa shape index (κ3) is 5.94. The van der Waals surface area contributed by atoms with Crippen molar-refractivity contribution in [3.63, 3.8) is 0 Å². The van der Waals surface area contributed by atoms with Gasteiger partial charge in [0.25, 0.3) is 0 Å².